The van der Waals surface area contributed by atoms with Crippen LogP contribution in [0.15, 0.2) is 30.9 Å². The molecule has 1 unspecified atom stereocenters. The molecule has 7 heteroatoms. The molecule has 0 aliphatic carbocycles. The molecule has 2 aromatic rings. The zero-order valence-electron chi connectivity index (χ0n) is 12.8. The van der Waals surface area contributed by atoms with Crippen molar-refractivity contribution in [2.45, 2.75) is 32.2 Å². The van der Waals surface area contributed by atoms with Crippen LogP contribution in [-0.2, 0) is 4.79 Å². The van der Waals surface area contributed by atoms with Crippen LogP contribution in [0.4, 0.5) is 0 Å². The highest BCUT2D eigenvalue weighted by atomic mass is 16.4. The zero-order valence-corrected chi connectivity index (χ0v) is 12.8. The molecule has 1 N–H and O–H groups in total. The molecule has 0 spiro atoms. The first-order valence-corrected chi connectivity index (χ1v) is 7.54. The van der Waals surface area contributed by atoms with E-state index >= 15 is 0 Å². The molecular weight excluding hydrogens is 296 g/mol. The van der Waals surface area contributed by atoms with Gasteiger partial charge in [-0.3, -0.25) is 9.59 Å². The smallest absolute Gasteiger partial charge is 0.305 e. The third-order valence-electron chi connectivity index (χ3n) is 4.17. The maximum atomic E-state index is 12.8. The Morgan fingerprint density at radius 1 is 1.39 bits per heavy atom. The number of rotatable bonds is 4. The fraction of sp³-hybridized carbons (Fsp3) is 0.375. The van der Waals surface area contributed by atoms with E-state index in [4.69, 9.17) is 5.11 Å². The number of amides is 1. The number of likely N-dealkylation sites (tertiary alicyclic amines) is 1. The number of aromatic nitrogens is 3. The molecule has 1 aromatic carbocycles. The minimum atomic E-state index is -0.868. The lowest BCUT2D eigenvalue weighted by Gasteiger charge is -2.24. The Labute approximate surface area is 133 Å². The Hall–Kier alpha value is -2.70. The van der Waals surface area contributed by atoms with Gasteiger partial charge in [0.25, 0.3) is 5.91 Å². The summed E-state index contributed by atoms with van der Waals surface area (Å²) < 4.78 is 1.63. The first-order chi connectivity index (χ1) is 11.1. The summed E-state index contributed by atoms with van der Waals surface area (Å²) >= 11 is 0. The molecule has 3 rings (SSSR count). The summed E-state index contributed by atoms with van der Waals surface area (Å²) in [5.41, 5.74) is 2.27. The monoisotopic (exact) mass is 314 g/mol. The van der Waals surface area contributed by atoms with Gasteiger partial charge in [-0.1, -0.05) is 0 Å². The number of aryl methyl sites for hydroxylation is 1. The van der Waals surface area contributed by atoms with Crippen LogP contribution in [0.5, 0.6) is 0 Å². The van der Waals surface area contributed by atoms with Gasteiger partial charge in [0.1, 0.15) is 12.7 Å². The summed E-state index contributed by atoms with van der Waals surface area (Å²) in [4.78, 5) is 29.3. The van der Waals surface area contributed by atoms with E-state index < -0.39 is 5.97 Å². The van der Waals surface area contributed by atoms with Gasteiger partial charge in [0, 0.05) is 18.2 Å². The first-order valence-electron chi connectivity index (χ1n) is 7.54. The molecule has 2 heterocycles. The van der Waals surface area contributed by atoms with Crippen LogP contribution < -0.4 is 0 Å². The van der Waals surface area contributed by atoms with E-state index in [1.165, 1.54) is 6.33 Å². The van der Waals surface area contributed by atoms with Crippen molar-refractivity contribution < 1.29 is 14.7 Å². The van der Waals surface area contributed by atoms with Gasteiger partial charge in [0.15, 0.2) is 0 Å². The molecule has 7 nitrogen and oxygen atoms in total. The van der Waals surface area contributed by atoms with Crippen LogP contribution in [0, 0.1) is 6.92 Å². The Bertz CT molecular complexity index is 727. The average molecular weight is 314 g/mol. The van der Waals surface area contributed by atoms with Crippen molar-refractivity contribution in [1.82, 2.24) is 19.7 Å². The molecular formula is C16H18N4O3. The standard InChI is InChI=1S/C16H18N4O3/c1-11-7-13(20-10-17-9-18-20)4-5-14(11)16(23)19-6-2-3-12(19)8-15(21)22/h4-5,7,9-10,12H,2-3,6,8H2,1H3,(H,21,22). The predicted molar refractivity (Wildman–Crippen MR) is 82.4 cm³/mol. The lowest BCUT2D eigenvalue weighted by Crippen LogP contribution is -2.37. The number of carboxylic acids is 1. The number of aliphatic carboxylic acids is 1. The van der Waals surface area contributed by atoms with Gasteiger partial charge in [0.2, 0.25) is 0 Å². The molecule has 1 amide bonds. The quantitative estimate of drug-likeness (QED) is 0.927. The van der Waals surface area contributed by atoms with Crippen LogP contribution in [0.25, 0.3) is 5.69 Å². The molecule has 1 atom stereocenters. The molecule has 1 fully saturated rings. The zero-order chi connectivity index (χ0) is 16.4. The van der Waals surface area contributed by atoms with Crippen molar-refractivity contribution in [3.63, 3.8) is 0 Å². The summed E-state index contributed by atoms with van der Waals surface area (Å²) in [5, 5.41) is 13.1. The molecule has 1 aliphatic rings. The Morgan fingerprint density at radius 2 is 2.22 bits per heavy atom. The van der Waals surface area contributed by atoms with E-state index in [0.29, 0.717) is 12.1 Å². The van der Waals surface area contributed by atoms with E-state index in [1.807, 2.05) is 19.1 Å². The number of hydrogen-bond donors (Lipinski definition) is 1. The Kier molecular flexibility index (Phi) is 4.10. The minimum Gasteiger partial charge on any atom is -0.481 e. The maximum absolute atomic E-state index is 12.8. The van der Waals surface area contributed by atoms with Crippen LogP contribution in [-0.4, -0.2) is 49.2 Å². The van der Waals surface area contributed by atoms with E-state index in [9.17, 15) is 9.59 Å². The molecule has 0 bridgehead atoms. The Morgan fingerprint density at radius 3 is 2.87 bits per heavy atom. The van der Waals surface area contributed by atoms with Crippen LogP contribution in [0.3, 0.4) is 0 Å². The van der Waals surface area contributed by atoms with Crippen LogP contribution >= 0.6 is 0 Å². The topological polar surface area (TPSA) is 88.3 Å². The number of hydrogen-bond acceptors (Lipinski definition) is 4. The summed E-state index contributed by atoms with van der Waals surface area (Å²) in [6, 6.07) is 5.25. The predicted octanol–water partition coefficient (Wildman–Crippen LogP) is 1.66. The van der Waals surface area contributed by atoms with Crippen molar-refractivity contribution in [3.8, 4) is 5.69 Å². The Balaban J connectivity index is 1.83. The van der Waals surface area contributed by atoms with E-state index in [0.717, 1.165) is 24.1 Å². The molecule has 0 radical (unpaired) electrons. The molecule has 0 saturated carbocycles. The van der Waals surface area contributed by atoms with Gasteiger partial charge in [-0.25, -0.2) is 9.67 Å². The SMILES string of the molecule is Cc1cc(-n2cncn2)ccc1C(=O)N1CCCC1CC(=O)O. The number of carbonyl (C=O) groups is 2. The molecule has 1 aromatic heterocycles. The number of carboxylic acid groups (broad SMARTS) is 1. The van der Waals surface area contributed by atoms with Crippen molar-refractivity contribution in [2.24, 2.45) is 0 Å². The fourth-order valence-electron chi connectivity index (χ4n) is 3.04. The van der Waals surface area contributed by atoms with E-state index in [-0.39, 0.29) is 18.4 Å². The second-order valence-corrected chi connectivity index (χ2v) is 5.73. The van der Waals surface area contributed by atoms with E-state index in [1.54, 1.807) is 22.0 Å². The molecule has 23 heavy (non-hydrogen) atoms. The molecule has 1 saturated heterocycles. The normalized spacial score (nSPS) is 17.4. The lowest BCUT2D eigenvalue weighted by atomic mass is 10.1. The van der Waals surface area contributed by atoms with Gasteiger partial charge in [-0.2, -0.15) is 5.10 Å². The highest BCUT2D eigenvalue weighted by Crippen LogP contribution is 2.24. The summed E-state index contributed by atoms with van der Waals surface area (Å²) in [5.74, 6) is -0.968. The highest BCUT2D eigenvalue weighted by Gasteiger charge is 2.31. The van der Waals surface area contributed by atoms with Gasteiger partial charge in [-0.05, 0) is 43.5 Å². The van der Waals surface area contributed by atoms with Crippen molar-refractivity contribution in [1.29, 1.82) is 0 Å². The number of carbonyl (C=O) groups excluding carboxylic acids is 1. The maximum Gasteiger partial charge on any atom is 0.305 e. The fourth-order valence-corrected chi connectivity index (χ4v) is 3.04. The molecule has 120 valence electrons. The van der Waals surface area contributed by atoms with Crippen LogP contribution in [0.1, 0.15) is 35.2 Å². The largest absolute Gasteiger partial charge is 0.481 e. The van der Waals surface area contributed by atoms with Gasteiger partial charge >= 0.3 is 5.97 Å². The van der Waals surface area contributed by atoms with Crippen molar-refractivity contribution in [2.75, 3.05) is 6.54 Å². The minimum absolute atomic E-state index is 0.00181. The van der Waals surface area contributed by atoms with Crippen LogP contribution in [0.2, 0.25) is 0 Å². The van der Waals surface area contributed by atoms with Gasteiger partial charge in [0.05, 0.1) is 12.1 Å². The number of benzene rings is 1. The van der Waals surface area contributed by atoms with Crippen molar-refractivity contribution in [3.05, 3.63) is 42.0 Å². The third-order valence-corrected chi connectivity index (χ3v) is 4.17. The van der Waals surface area contributed by atoms with Gasteiger partial charge < -0.3 is 10.0 Å². The second-order valence-electron chi connectivity index (χ2n) is 5.73. The summed E-state index contributed by atoms with van der Waals surface area (Å²) in [6.07, 6.45) is 4.64. The first kappa shape index (κ1) is 15.2. The summed E-state index contributed by atoms with van der Waals surface area (Å²) in [6.45, 7) is 2.48. The lowest BCUT2D eigenvalue weighted by molar-refractivity contribution is -0.137. The average Bonchev–Trinajstić information content (AvgIpc) is 3.17. The summed E-state index contributed by atoms with van der Waals surface area (Å²) in [7, 11) is 0. The van der Waals surface area contributed by atoms with Crippen molar-refractivity contribution >= 4 is 11.9 Å². The number of nitrogens with zero attached hydrogens (tertiary/aromatic N) is 4. The molecule has 1 aliphatic heterocycles. The second kappa shape index (κ2) is 6.20. The highest BCUT2D eigenvalue weighted by molar-refractivity contribution is 5.96. The van der Waals surface area contributed by atoms with E-state index in [2.05, 4.69) is 10.1 Å². The third kappa shape index (κ3) is 3.08. The van der Waals surface area contributed by atoms with Gasteiger partial charge in [-0.15, -0.1) is 0 Å².